The van der Waals surface area contributed by atoms with Crippen molar-refractivity contribution in [2.45, 2.75) is 0 Å². The molecule has 0 aliphatic carbocycles. The molecular weight excluding hydrogens is 506 g/mol. The molecule has 0 saturated carbocycles. The molecule has 0 aliphatic rings. The number of nitrogens with one attached hydrogen (secondary N) is 1. The molecule has 39 heavy (non-hydrogen) atoms. The number of fused-ring (bicyclic) bond motifs is 2. The topological polar surface area (TPSA) is 104 Å². The summed E-state index contributed by atoms with van der Waals surface area (Å²) < 4.78 is 37.5. The first-order valence-corrected chi connectivity index (χ1v) is 11.7. The van der Waals surface area contributed by atoms with Crippen molar-refractivity contribution < 1.29 is 18.3 Å². The Balaban J connectivity index is 1.31. The van der Waals surface area contributed by atoms with Crippen molar-refractivity contribution in [2.24, 2.45) is 7.05 Å². The average molecular weight is 524 g/mol. The lowest BCUT2D eigenvalue weighted by Crippen LogP contribution is -2.24. The standard InChI is InChI=1S/C28H18F2N6O3/c1-35-12-10-20-25(35)32-15-33-28(20)39-23-9-6-17(13-22(23)30)34-27(38)21-14-36(18-7-4-16(29)5-8-18)26-19(24(21)37)3-2-11-31-26/h2-15H,1H3,(H,34,38). The van der Waals surface area contributed by atoms with E-state index in [-0.39, 0.29) is 28.3 Å². The number of ether oxygens (including phenoxy) is 1. The predicted octanol–water partition coefficient (Wildman–Crippen LogP) is 4.99. The third kappa shape index (κ3) is 4.35. The van der Waals surface area contributed by atoms with Gasteiger partial charge in [0, 0.05) is 43.1 Å². The van der Waals surface area contributed by atoms with Crippen LogP contribution in [0.4, 0.5) is 14.5 Å². The number of hydrogen-bond acceptors (Lipinski definition) is 6. The molecule has 2 aromatic carbocycles. The highest BCUT2D eigenvalue weighted by Crippen LogP contribution is 2.30. The fourth-order valence-electron chi connectivity index (χ4n) is 4.22. The molecule has 9 nitrogen and oxygen atoms in total. The number of pyridine rings is 2. The summed E-state index contributed by atoms with van der Waals surface area (Å²) in [6, 6.07) is 14.3. The quantitative estimate of drug-likeness (QED) is 0.341. The van der Waals surface area contributed by atoms with E-state index in [1.54, 1.807) is 29.0 Å². The zero-order chi connectivity index (χ0) is 27.1. The van der Waals surface area contributed by atoms with Crippen LogP contribution in [-0.4, -0.2) is 30.0 Å². The molecular formula is C28H18F2N6O3. The van der Waals surface area contributed by atoms with Crippen molar-refractivity contribution in [3.05, 3.63) is 113 Å². The van der Waals surface area contributed by atoms with Crippen LogP contribution < -0.4 is 15.5 Å². The van der Waals surface area contributed by atoms with Crippen LogP contribution >= 0.6 is 0 Å². The van der Waals surface area contributed by atoms with Crippen LogP contribution in [0.3, 0.4) is 0 Å². The Morgan fingerprint density at radius 2 is 1.77 bits per heavy atom. The maximum absolute atomic E-state index is 15.0. The van der Waals surface area contributed by atoms with E-state index >= 15 is 0 Å². The van der Waals surface area contributed by atoms with E-state index in [9.17, 15) is 18.4 Å². The highest BCUT2D eigenvalue weighted by atomic mass is 19.1. The lowest BCUT2D eigenvalue weighted by atomic mass is 10.1. The summed E-state index contributed by atoms with van der Waals surface area (Å²) in [5, 5.41) is 3.37. The zero-order valence-corrected chi connectivity index (χ0v) is 20.3. The Morgan fingerprint density at radius 3 is 2.56 bits per heavy atom. The lowest BCUT2D eigenvalue weighted by molar-refractivity contribution is 0.102. The molecule has 0 fully saturated rings. The van der Waals surface area contributed by atoms with E-state index in [4.69, 9.17) is 4.74 Å². The number of carbonyl (C=O) groups excluding carboxylic acids is 1. The molecule has 0 saturated heterocycles. The molecule has 1 N–H and O–H groups in total. The van der Waals surface area contributed by atoms with Crippen molar-refractivity contribution in [1.29, 1.82) is 0 Å². The minimum Gasteiger partial charge on any atom is -0.435 e. The summed E-state index contributed by atoms with van der Waals surface area (Å²) in [6.45, 7) is 0. The largest absolute Gasteiger partial charge is 0.435 e. The molecule has 0 unspecified atom stereocenters. The van der Waals surface area contributed by atoms with Gasteiger partial charge in [0.05, 0.1) is 10.8 Å². The first-order chi connectivity index (χ1) is 18.9. The van der Waals surface area contributed by atoms with Gasteiger partial charge in [-0.1, -0.05) is 0 Å². The summed E-state index contributed by atoms with van der Waals surface area (Å²) >= 11 is 0. The zero-order valence-electron chi connectivity index (χ0n) is 20.3. The summed E-state index contributed by atoms with van der Waals surface area (Å²) in [7, 11) is 1.82. The van der Waals surface area contributed by atoms with Crippen LogP contribution in [-0.2, 0) is 7.05 Å². The Labute approximate surface area is 219 Å². The highest BCUT2D eigenvalue weighted by Gasteiger charge is 2.18. The van der Waals surface area contributed by atoms with Gasteiger partial charge in [0.15, 0.2) is 11.6 Å². The lowest BCUT2D eigenvalue weighted by Gasteiger charge is -2.13. The molecule has 4 aromatic heterocycles. The second-order valence-electron chi connectivity index (χ2n) is 8.64. The van der Waals surface area contributed by atoms with Gasteiger partial charge in [-0.05, 0) is 54.6 Å². The van der Waals surface area contributed by atoms with Gasteiger partial charge in [-0.2, -0.15) is 0 Å². The van der Waals surface area contributed by atoms with Crippen LogP contribution in [0.5, 0.6) is 11.6 Å². The Morgan fingerprint density at radius 1 is 0.949 bits per heavy atom. The first-order valence-electron chi connectivity index (χ1n) is 11.7. The van der Waals surface area contributed by atoms with Crippen molar-refractivity contribution in [2.75, 3.05) is 5.32 Å². The molecule has 192 valence electrons. The molecule has 11 heteroatoms. The normalized spacial score (nSPS) is 11.2. The number of benzene rings is 2. The van der Waals surface area contributed by atoms with Crippen molar-refractivity contribution in [3.63, 3.8) is 0 Å². The Hall–Kier alpha value is -5.45. The van der Waals surface area contributed by atoms with Gasteiger partial charge < -0.3 is 19.2 Å². The van der Waals surface area contributed by atoms with Crippen molar-refractivity contribution in [1.82, 2.24) is 24.1 Å². The van der Waals surface area contributed by atoms with E-state index in [2.05, 4.69) is 20.3 Å². The van der Waals surface area contributed by atoms with E-state index in [1.165, 1.54) is 59.7 Å². The molecule has 0 bridgehead atoms. The highest BCUT2D eigenvalue weighted by molar-refractivity contribution is 6.05. The van der Waals surface area contributed by atoms with Crippen molar-refractivity contribution in [3.8, 4) is 17.3 Å². The number of anilines is 1. The number of halogens is 2. The molecule has 0 spiro atoms. The number of hydrogen-bond donors (Lipinski definition) is 1. The number of rotatable bonds is 5. The van der Waals surface area contributed by atoms with Gasteiger partial charge in [0.2, 0.25) is 11.3 Å². The smallest absolute Gasteiger partial charge is 0.261 e. The second-order valence-corrected chi connectivity index (χ2v) is 8.64. The monoisotopic (exact) mass is 524 g/mol. The number of aromatic nitrogens is 5. The van der Waals surface area contributed by atoms with Crippen LogP contribution in [0.2, 0.25) is 0 Å². The van der Waals surface area contributed by atoms with E-state index in [0.717, 1.165) is 6.07 Å². The molecule has 6 rings (SSSR count). The van der Waals surface area contributed by atoms with Crippen LogP contribution in [0.25, 0.3) is 27.8 Å². The average Bonchev–Trinajstić information content (AvgIpc) is 3.32. The Bertz CT molecular complexity index is 1950. The fourth-order valence-corrected chi connectivity index (χ4v) is 4.22. The summed E-state index contributed by atoms with van der Waals surface area (Å²) in [6.07, 6.45) is 5.95. The van der Waals surface area contributed by atoms with Gasteiger partial charge in [0.25, 0.3) is 5.91 Å². The van der Waals surface area contributed by atoms with Crippen LogP contribution in [0.1, 0.15) is 10.4 Å². The number of aryl methyl sites for hydroxylation is 1. The molecule has 0 atom stereocenters. The van der Waals surface area contributed by atoms with Crippen molar-refractivity contribution >= 4 is 33.7 Å². The van der Waals surface area contributed by atoms with Gasteiger partial charge in [-0.15, -0.1) is 0 Å². The van der Waals surface area contributed by atoms with Gasteiger partial charge in [0.1, 0.15) is 29.0 Å². The van der Waals surface area contributed by atoms with Crippen LogP contribution in [0.15, 0.2) is 90.4 Å². The SMILES string of the molecule is Cn1ccc2c(Oc3ccc(NC(=O)c4cn(-c5ccc(F)cc5)c5ncccc5c4=O)cc3F)ncnc21. The number of nitrogens with zero attached hydrogens (tertiary/aromatic N) is 5. The maximum atomic E-state index is 15.0. The van der Waals surface area contributed by atoms with Gasteiger partial charge >= 0.3 is 0 Å². The summed E-state index contributed by atoms with van der Waals surface area (Å²) in [4.78, 5) is 38.9. The molecule has 1 amide bonds. The fraction of sp³-hybridized carbons (Fsp3) is 0.0357. The predicted molar refractivity (Wildman–Crippen MR) is 140 cm³/mol. The minimum atomic E-state index is -0.753. The van der Waals surface area contributed by atoms with E-state index < -0.39 is 23.0 Å². The van der Waals surface area contributed by atoms with Crippen LogP contribution in [0, 0.1) is 11.6 Å². The Kier molecular flexibility index (Phi) is 5.80. The third-order valence-electron chi connectivity index (χ3n) is 6.13. The maximum Gasteiger partial charge on any atom is 0.261 e. The molecule has 4 heterocycles. The van der Waals surface area contributed by atoms with Gasteiger partial charge in [-0.3, -0.25) is 9.59 Å². The third-order valence-corrected chi connectivity index (χ3v) is 6.13. The molecule has 6 aromatic rings. The number of amides is 1. The molecule has 0 radical (unpaired) electrons. The van der Waals surface area contributed by atoms with E-state index in [0.29, 0.717) is 22.4 Å². The minimum absolute atomic E-state index is 0.104. The van der Waals surface area contributed by atoms with E-state index in [1.807, 2.05) is 7.05 Å². The van der Waals surface area contributed by atoms with Gasteiger partial charge in [-0.25, -0.2) is 23.7 Å². The number of carbonyl (C=O) groups is 1. The second kappa shape index (κ2) is 9.45. The summed E-state index contributed by atoms with van der Waals surface area (Å²) in [5.41, 5.74) is 0.782. The summed E-state index contributed by atoms with van der Waals surface area (Å²) in [5.74, 6) is -1.86. The first kappa shape index (κ1) is 23.9. The molecule has 0 aliphatic heterocycles.